The summed E-state index contributed by atoms with van der Waals surface area (Å²) in [7, 11) is -2.68. The summed E-state index contributed by atoms with van der Waals surface area (Å²) in [5.74, 6) is 0.767. The van der Waals surface area contributed by atoms with Crippen LogP contribution >= 0.6 is 11.3 Å². The molecule has 5 rings (SSSR count). The molecule has 1 amide bonds. The van der Waals surface area contributed by atoms with Crippen molar-refractivity contribution in [1.29, 1.82) is 0 Å². The highest BCUT2D eigenvalue weighted by molar-refractivity contribution is 7.92. The van der Waals surface area contributed by atoms with Crippen LogP contribution in [0, 0.1) is 0 Å². The fourth-order valence-corrected chi connectivity index (χ4v) is 5.85. The first-order valence-corrected chi connectivity index (χ1v) is 16.8. The van der Waals surface area contributed by atoms with Crippen LogP contribution in [0.2, 0.25) is 0 Å². The molecule has 0 saturated heterocycles. The van der Waals surface area contributed by atoms with E-state index in [1.54, 1.807) is 60.7 Å². The molecule has 0 saturated carbocycles. The number of hydrogen-bond donors (Lipinski definition) is 2. The van der Waals surface area contributed by atoms with E-state index < -0.39 is 16.1 Å². The Morgan fingerprint density at radius 2 is 1.64 bits per heavy atom. The molecular formula is C33H33N5O7S2. The maximum atomic E-state index is 13.7. The molecule has 0 unspecified atom stereocenters. The number of carbonyl (C=O) groups excluding carboxylic acids is 1. The summed E-state index contributed by atoms with van der Waals surface area (Å²) < 4.78 is 52.9. The van der Waals surface area contributed by atoms with Gasteiger partial charge in [0, 0.05) is 6.20 Å². The smallest absolute Gasteiger partial charge is 0.412 e. The van der Waals surface area contributed by atoms with Gasteiger partial charge in [-0.2, -0.15) is 4.98 Å². The lowest BCUT2D eigenvalue weighted by molar-refractivity contribution is 0.135. The van der Waals surface area contributed by atoms with Crippen molar-refractivity contribution in [3.8, 4) is 33.8 Å². The number of nitrogens with zero attached hydrogens (tertiary/aromatic N) is 3. The minimum absolute atomic E-state index is 0.0276. The number of nitrogens with one attached hydrogen (secondary N) is 2. The minimum atomic E-state index is -4.16. The lowest BCUT2D eigenvalue weighted by atomic mass is 9.87. The van der Waals surface area contributed by atoms with E-state index in [2.05, 4.69) is 25.0 Å². The molecule has 0 aliphatic carbocycles. The number of carbonyl (C=O) groups is 1. The molecule has 0 bridgehead atoms. The Morgan fingerprint density at radius 3 is 2.30 bits per heavy atom. The van der Waals surface area contributed by atoms with Crippen LogP contribution in [-0.2, 0) is 20.2 Å². The molecule has 2 N–H and O–H groups in total. The van der Waals surface area contributed by atoms with Crippen LogP contribution in [0.1, 0.15) is 26.3 Å². The second-order valence-electron chi connectivity index (χ2n) is 11.0. The van der Waals surface area contributed by atoms with Crippen LogP contribution in [0.4, 0.5) is 16.4 Å². The molecule has 0 fully saturated rings. The van der Waals surface area contributed by atoms with Crippen LogP contribution < -0.4 is 24.2 Å². The topological polar surface area (TPSA) is 151 Å². The fraction of sp³-hybridized carbons (Fsp3) is 0.212. The van der Waals surface area contributed by atoms with E-state index in [4.69, 9.17) is 18.9 Å². The first kappa shape index (κ1) is 33.2. The number of rotatable bonds is 12. The summed E-state index contributed by atoms with van der Waals surface area (Å²) in [5, 5.41) is 4.36. The Hall–Kier alpha value is -5.21. The first-order valence-electron chi connectivity index (χ1n) is 14.4. The third-order valence-corrected chi connectivity index (χ3v) is 8.79. The highest BCUT2D eigenvalue weighted by Gasteiger charge is 2.26. The maximum Gasteiger partial charge on any atom is 0.412 e. The summed E-state index contributed by atoms with van der Waals surface area (Å²) in [6.45, 7) is 5.81. The molecule has 3 heterocycles. The van der Waals surface area contributed by atoms with Crippen LogP contribution in [-0.4, -0.2) is 49.8 Å². The quantitative estimate of drug-likeness (QED) is 0.131. The summed E-state index contributed by atoms with van der Waals surface area (Å²) in [6, 6.07) is 22.1. The lowest BCUT2D eigenvalue weighted by Gasteiger charge is -2.20. The van der Waals surface area contributed by atoms with Gasteiger partial charge in [0.05, 0.1) is 16.9 Å². The molecular weight excluding hydrogens is 643 g/mol. The summed E-state index contributed by atoms with van der Waals surface area (Å²) >= 11 is 1.36. The molecule has 3 aromatic heterocycles. The van der Waals surface area contributed by atoms with Crippen LogP contribution in [0.15, 0.2) is 95.3 Å². The van der Waals surface area contributed by atoms with Crippen molar-refractivity contribution in [3.63, 3.8) is 0 Å². The van der Waals surface area contributed by atoms with Crippen molar-refractivity contribution >= 4 is 39.1 Å². The molecule has 2 aromatic carbocycles. The average Bonchev–Trinajstić information content (AvgIpc) is 3.60. The van der Waals surface area contributed by atoms with Gasteiger partial charge >= 0.3 is 6.09 Å². The van der Waals surface area contributed by atoms with E-state index in [1.165, 1.54) is 36.8 Å². The number of thiophene rings is 1. The summed E-state index contributed by atoms with van der Waals surface area (Å²) in [4.78, 5) is 26.1. The van der Waals surface area contributed by atoms with Gasteiger partial charge in [-0.3, -0.25) is 10.0 Å². The third-order valence-electron chi connectivity index (χ3n) is 6.57. The number of anilines is 2. The molecule has 0 atom stereocenters. The van der Waals surface area contributed by atoms with E-state index in [0.29, 0.717) is 16.4 Å². The standard InChI is InChI=1S/C33H33N5O7S2/c1-33(2,3)22-14-16-23(17-15-22)47(40,41)38-30-28(45-25-11-6-5-10-24(25)42-4)31(37-29(36-30)26-12-9-21-46-26)43-19-20-44-32(39)35-27-13-7-8-18-34-27/h5-18,21H,19-20H2,1-4H3,(H,34,35,39)(H,36,37,38). The third kappa shape index (κ3) is 8.54. The van der Waals surface area contributed by atoms with Gasteiger partial charge in [-0.05, 0) is 58.8 Å². The monoisotopic (exact) mass is 675 g/mol. The normalized spacial score (nSPS) is 11.4. The second-order valence-corrected chi connectivity index (χ2v) is 13.6. The average molecular weight is 676 g/mol. The van der Waals surface area contributed by atoms with Gasteiger partial charge in [0.25, 0.3) is 15.9 Å². The van der Waals surface area contributed by atoms with E-state index >= 15 is 0 Å². The van der Waals surface area contributed by atoms with Crippen molar-refractivity contribution in [2.24, 2.45) is 0 Å². The number of amides is 1. The highest BCUT2D eigenvalue weighted by Crippen LogP contribution is 2.42. The predicted molar refractivity (Wildman–Crippen MR) is 179 cm³/mol. The number of para-hydroxylation sites is 2. The number of pyridine rings is 1. The summed E-state index contributed by atoms with van der Waals surface area (Å²) in [6.07, 6.45) is 0.806. The largest absolute Gasteiger partial charge is 0.493 e. The Bertz CT molecular complexity index is 1910. The van der Waals surface area contributed by atoms with Crippen molar-refractivity contribution in [3.05, 3.63) is 96.0 Å². The van der Waals surface area contributed by atoms with Crippen LogP contribution in [0.25, 0.3) is 10.7 Å². The zero-order valence-corrected chi connectivity index (χ0v) is 27.7. The number of aromatic nitrogens is 3. The van der Waals surface area contributed by atoms with Crippen molar-refractivity contribution in [2.45, 2.75) is 31.1 Å². The van der Waals surface area contributed by atoms with E-state index in [0.717, 1.165) is 5.56 Å². The second kappa shape index (κ2) is 14.5. The van der Waals surface area contributed by atoms with Gasteiger partial charge in [-0.25, -0.2) is 23.2 Å². The van der Waals surface area contributed by atoms with Crippen molar-refractivity contribution in [2.75, 3.05) is 30.4 Å². The van der Waals surface area contributed by atoms with Gasteiger partial charge in [0.2, 0.25) is 5.75 Å². The van der Waals surface area contributed by atoms with E-state index in [-0.39, 0.29) is 52.5 Å². The molecule has 0 aliphatic rings. The molecule has 0 radical (unpaired) electrons. The Balaban J connectivity index is 1.49. The predicted octanol–water partition coefficient (Wildman–Crippen LogP) is 7.13. The zero-order valence-electron chi connectivity index (χ0n) is 26.1. The first-order chi connectivity index (χ1) is 22.5. The maximum absolute atomic E-state index is 13.7. The number of methoxy groups -OCH3 is 1. The highest BCUT2D eigenvalue weighted by atomic mass is 32.2. The number of benzene rings is 2. The molecule has 14 heteroatoms. The number of sulfonamides is 1. The number of ether oxygens (including phenoxy) is 4. The Morgan fingerprint density at radius 1 is 0.894 bits per heavy atom. The Kier molecular flexibility index (Phi) is 10.2. The van der Waals surface area contributed by atoms with Crippen molar-refractivity contribution in [1.82, 2.24) is 15.0 Å². The van der Waals surface area contributed by atoms with Crippen LogP contribution in [0.3, 0.4) is 0 Å². The van der Waals surface area contributed by atoms with Gasteiger partial charge in [0.15, 0.2) is 23.1 Å². The molecule has 12 nitrogen and oxygen atoms in total. The van der Waals surface area contributed by atoms with Crippen molar-refractivity contribution < 1.29 is 32.2 Å². The summed E-state index contributed by atoms with van der Waals surface area (Å²) in [5.41, 5.74) is 0.813. The number of hydrogen-bond acceptors (Lipinski definition) is 11. The fourth-order valence-electron chi connectivity index (χ4n) is 4.19. The minimum Gasteiger partial charge on any atom is -0.493 e. The SMILES string of the molecule is COc1ccccc1Oc1c(NS(=O)(=O)c2ccc(C(C)(C)C)cc2)nc(-c2cccs2)nc1OCCOC(=O)Nc1ccccn1. The molecule has 47 heavy (non-hydrogen) atoms. The molecule has 5 aromatic rings. The van der Waals surface area contributed by atoms with Gasteiger partial charge in [0.1, 0.15) is 19.0 Å². The van der Waals surface area contributed by atoms with Crippen LogP contribution in [0.5, 0.6) is 23.1 Å². The van der Waals surface area contributed by atoms with Gasteiger partial charge < -0.3 is 18.9 Å². The van der Waals surface area contributed by atoms with Gasteiger partial charge in [-0.1, -0.05) is 57.2 Å². The Labute approximate surface area is 276 Å². The van der Waals surface area contributed by atoms with E-state index in [1.807, 2.05) is 32.2 Å². The zero-order chi connectivity index (χ0) is 33.4. The van der Waals surface area contributed by atoms with E-state index in [9.17, 15) is 13.2 Å². The van der Waals surface area contributed by atoms with Gasteiger partial charge in [-0.15, -0.1) is 11.3 Å². The molecule has 0 aliphatic heterocycles. The molecule has 0 spiro atoms. The lowest BCUT2D eigenvalue weighted by Crippen LogP contribution is -2.19. The molecule has 244 valence electrons.